The van der Waals surface area contributed by atoms with Gasteiger partial charge in [-0.1, -0.05) is 6.07 Å². The quantitative estimate of drug-likeness (QED) is 0.782. The molecule has 1 N–H and O–H groups in total. The minimum Gasteiger partial charge on any atom is -0.456 e. The fourth-order valence-electron chi connectivity index (χ4n) is 2.47. The van der Waals surface area contributed by atoms with E-state index in [9.17, 15) is 4.79 Å². The van der Waals surface area contributed by atoms with Crippen LogP contribution in [0.1, 0.15) is 5.56 Å². The van der Waals surface area contributed by atoms with E-state index in [2.05, 4.69) is 15.3 Å². The van der Waals surface area contributed by atoms with Crippen LogP contribution in [0.15, 0.2) is 48.8 Å². The van der Waals surface area contributed by atoms with Gasteiger partial charge in [0.2, 0.25) is 5.91 Å². The Morgan fingerprint density at radius 1 is 1.00 bits per heavy atom. The third-order valence-corrected chi connectivity index (χ3v) is 3.43. The average Bonchev–Trinajstić information content (AvgIpc) is 2.89. The van der Waals surface area contributed by atoms with Crippen molar-refractivity contribution in [2.45, 2.75) is 6.42 Å². The number of aromatic nitrogens is 2. The molecule has 4 rings (SSSR count). The van der Waals surface area contributed by atoms with Gasteiger partial charge in [-0.15, -0.1) is 0 Å². The molecule has 1 aliphatic heterocycles. The topological polar surface area (TPSA) is 64.1 Å². The highest BCUT2D eigenvalue weighted by atomic mass is 16.5. The third-order valence-electron chi connectivity index (χ3n) is 3.43. The summed E-state index contributed by atoms with van der Waals surface area (Å²) in [5, 5.41) is 3.65. The number of carbonyl (C=O) groups is 1. The first-order valence-electron chi connectivity index (χ1n) is 6.60. The summed E-state index contributed by atoms with van der Waals surface area (Å²) in [7, 11) is 0. The first kappa shape index (κ1) is 11.8. The lowest BCUT2D eigenvalue weighted by Crippen LogP contribution is -2.04. The van der Waals surface area contributed by atoms with E-state index in [0.29, 0.717) is 23.7 Å². The molecule has 0 fully saturated rings. The summed E-state index contributed by atoms with van der Waals surface area (Å²) in [4.78, 5) is 20.0. The maximum Gasteiger partial charge on any atom is 0.230 e. The Balaban J connectivity index is 1.80. The van der Waals surface area contributed by atoms with Gasteiger partial charge in [0.25, 0.3) is 0 Å². The van der Waals surface area contributed by atoms with Crippen molar-refractivity contribution in [3.05, 3.63) is 54.4 Å². The highest BCUT2D eigenvalue weighted by Gasteiger charge is 2.23. The Hall–Kier alpha value is -2.95. The van der Waals surface area contributed by atoms with Crippen LogP contribution in [0.3, 0.4) is 0 Å². The summed E-state index contributed by atoms with van der Waals surface area (Å²) < 4.78 is 6.01. The first-order valence-corrected chi connectivity index (χ1v) is 6.60. The van der Waals surface area contributed by atoms with Crippen LogP contribution in [0.4, 0.5) is 5.82 Å². The SMILES string of the molecule is O=C1Cc2c(Oc3cccc4ncccc34)ccnc2N1. The van der Waals surface area contributed by atoms with Crippen LogP contribution in [0.2, 0.25) is 0 Å². The summed E-state index contributed by atoms with van der Waals surface area (Å²) in [5.41, 5.74) is 1.67. The number of hydrogen-bond acceptors (Lipinski definition) is 4. The summed E-state index contributed by atoms with van der Waals surface area (Å²) in [6, 6.07) is 11.3. The van der Waals surface area contributed by atoms with E-state index >= 15 is 0 Å². The summed E-state index contributed by atoms with van der Waals surface area (Å²) in [6.45, 7) is 0. The Bertz CT molecular complexity index is 856. The molecule has 0 saturated heterocycles. The monoisotopic (exact) mass is 277 g/mol. The van der Waals surface area contributed by atoms with Crippen molar-refractivity contribution < 1.29 is 9.53 Å². The first-order chi connectivity index (χ1) is 10.3. The molecule has 1 aromatic carbocycles. The van der Waals surface area contributed by atoms with Gasteiger partial charge >= 0.3 is 0 Å². The molecule has 1 amide bonds. The zero-order chi connectivity index (χ0) is 14.2. The standard InChI is InChI=1S/C16H11N3O2/c20-15-9-11-14(6-8-18-16(11)19-15)21-13-5-1-4-12-10(13)3-2-7-17-12/h1-8H,9H2,(H,18,19,20). The highest BCUT2D eigenvalue weighted by Crippen LogP contribution is 2.35. The fourth-order valence-corrected chi connectivity index (χ4v) is 2.47. The zero-order valence-corrected chi connectivity index (χ0v) is 11.0. The zero-order valence-electron chi connectivity index (χ0n) is 11.0. The molecule has 0 spiro atoms. The van der Waals surface area contributed by atoms with E-state index in [1.165, 1.54) is 0 Å². The van der Waals surface area contributed by atoms with Gasteiger partial charge in [-0.2, -0.15) is 0 Å². The van der Waals surface area contributed by atoms with E-state index in [0.717, 1.165) is 16.5 Å². The van der Waals surface area contributed by atoms with Crippen LogP contribution >= 0.6 is 0 Å². The van der Waals surface area contributed by atoms with Crippen LogP contribution in [-0.2, 0) is 11.2 Å². The van der Waals surface area contributed by atoms with Crippen LogP contribution in [0.25, 0.3) is 10.9 Å². The molecular formula is C16H11N3O2. The number of hydrogen-bond donors (Lipinski definition) is 1. The normalized spacial score (nSPS) is 13.0. The van der Waals surface area contributed by atoms with Gasteiger partial charge in [0.05, 0.1) is 11.9 Å². The van der Waals surface area contributed by atoms with Crippen molar-refractivity contribution in [3.8, 4) is 11.5 Å². The second-order valence-corrected chi connectivity index (χ2v) is 4.79. The molecule has 0 saturated carbocycles. The van der Waals surface area contributed by atoms with Gasteiger partial charge in [-0.05, 0) is 30.3 Å². The maximum atomic E-state index is 11.5. The number of anilines is 1. The Morgan fingerprint density at radius 2 is 1.95 bits per heavy atom. The summed E-state index contributed by atoms with van der Waals surface area (Å²) in [5.74, 6) is 1.88. The summed E-state index contributed by atoms with van der Waals surface area (Å²) in [6.07, 6.45) is 3.67. The number of carbonyl (C=O) groups excluding carboxylic acids is 1. The van der Waals surface area contributed by atoms with Crippen LogP contribution < -0.4 is 10.1 Å². The van der Waals surface area contributed by atoms with Crippen LogP contribution in [0.5, 0.6) is 11.5 Å². The van der Waals surface area contributed by atoms with E-state index in [4.69, 9.17) is 4.74 Å². The van der Waals surface area contributed by atoms with Crippen molar-refractivity contribution in [2.24, 2.45) is 0 Å². The van der Waals surface area contributed by atoms with Gasteiger partial charge in [0, 0.05) is 23.3 Å². The number of amides is 1. The second-order valence-electron chi connectivity index (χ2n) is 4.79. The molecule has 3 heterocycles. The van der Waals surface area contributed by atoms with Gasteiger partial charge in [0.15, 0.2) is 0 Å². The average molecular weight is 277 g/mol. The fraction of sp³-hybridized carbons (Fsp3) is 0.0625. The molecule has 0 atom stereocenters. The minimum absolute atomic E-state index is 0.0619. The maximum absolute atomic E-state index is 11.5. The molecule has 102 valence electrons. The molecule has 21 heavy (non-hydrogen) atoms. The molecule has 5 heteroatoms. The van der Waals surface area contributed by atoms with Crippen molar-refractivity contribution >= 4 is 22.6 Å². The van der Waals surface area contributed by atoms with Gasteiger partial charge in [-0.25, -0.2) is 4.98 Å². The second kappa shape index (κ2) is 4.56. The third kappa shape index (κ3) is 1.99. The van der Waals surface area contributed by atoms with Crippen molar-refractivity contribution in [2.75, 3.05) is 5.32 Å². The van der Waals surface area contributed by atoms with E-state index in [1.807, 2.05) is 30.3 Å². The lowest BCUT2D eigenvalue weighted by atomic mass is 10.2. The number of pyridine rings is 2. The predicted octanol–water partition coefficient (Wildman–Crippen LogP) is 2.92. The number of nitrogens with one attached hydrogen (secondary N) is 1. The van der Waals surface area contributed by atoms with E-state index in [1.54, 1.807) is 18.5 Å². The lowest BCUT2D eigenvalue weighted by Gasteiger charge is -2.10. The summed E-state index contributed by atoms with van der Waals surface area (Å²) >= 11 is 0. The molecule has 0 bridgehead atoms. The molecule has 0 unspecified atom stereocenters. The molecule has 5 nitrogen and oxygen atoms in total. The molecule has 3 aromatic rings. The van der Waals surface area contributed by atoms with Crippen molar-refractivity contribution in [3.63, 3.8) is 0 Å². The molecule has 0 radical (unpaired) electrons. The Kier molecular flexibility index (Phi) is 2.57. The predicted molar refractivity (Wildman–Crippen MR) is 78.4 cm³/mol. The molecule has 1 aliphatic rings. The largest absolute Gasteiger partial charge is 0.456 e. The van der Waals surface area contributed by atoms with Gasteiger partial charge in [0.1, 0.15) is 17.3 Å². The number of rotatable bonds is 2. The van der Waals surface area contributed by atoms with Crippen LogP contribution in [0, 0.1) is 0 Å². The van der Waals surface area contributed by atoms with E-state index in [-0.39, 0.29) is 5.91 Å². The van der Waals surface area contributed by atoms with Crippen molar-refractivity contribution in [1.29, 1.82) is 0 Å². The Labute approximate surface area is 120 Å². The van der Waals surface area contributed by atoms with E-state index < -0.39 is 0 Å². The number of fused-ring (bicyclic) bond motifs is 2. The highest BCUT2D eigenvalue weighted by molar-refractivity contribution is 5.98. The molecule has 2 aromatic heterocycles. The smallest absolute Gasteiger partial charge is 0.230 e. The van der Waals surface area contributed by atoms with Crippen LogP contribution in [-0.4, -0.2) is 15.9 Å². The van der Waals surface area contributed by atoms with Crippen molar-refractivity contribution in [1.82, 2.24) is 9.97 Å². The molecular weight excluding hydrogens is 266 g/mol. The number of benzene rings is 1. The molecule has 0 aliphatic carbocycles. The lowest BCUT2D eigenvalue weighted by molar-refractivity contribution is -0.115. The number of nitrogens with zero attached hydrogens (tertiary/aromatic N) is 2. The van der Waals surface area contributed by atoms with Gasteiger partial charge in [-0.3, -0.25) is 9.78 Å². The van der Waals surface area contributed by atoms with Gasteiger partial charge < -0.3 is 10.1 Å². The minimum atomic E-state index is -0.0619. The Morgan fingerprint density at radius 3 is 2.90 bits per heavy atom. The number of ether oxygens (including phenoxy) is 1.